The molecule has 1 rings (SSSR count). The third-order valence-corrected chi connectivity index (χ3v) is 3.20. The summed E-state index contributed by atoms with van der Waals surface area (Å²) in [6.45, 7) is 3.70. The first-order chi connectivity index (χ1) is 7.45. The number of aryl methyl sites for hydroxylation is 1. The lowest BCUT2D eigenvalue weighted by Gasteiger charge is -2.03. The first-order valence-corrected chi connectivity index (χ1v) is 6.32. The van der Waals surface area contributed by atoms with E-state index in [1.165, 1.54) is 0 Å². The van der Waals surface area contributed by atoms with E-state index in [1.807, 2.05) is 6.92 Å². The summed E-state index contributed by atoms with van der Waals surface area (Å²) in [5, 5.41) is 5.48. The van der Waals surface area contributed by atoms with E-state index in [0.717, 1.165) is 5.56 Å². The Morgan fingerprint density at radius 1 is 1.44 bits per heavy atom. The van der Waals surface area contributed by atoms with Gasteiger partial charge in [0.15, 0.2) is 0 Å². The van der Waals surface area contributed by atoms with Gasteiger partial charge in [-0.15, -0.1) is 4.36 Å². The fourth-order valence-electron chi connectivity index (χ4n) is 1.05. The molecule has 1 amide bonds. The maximum absolute atomic E-state index is 11.9. The maximum atomic E-state index is 11.9. The summed E-state index contributed by atoms with van der Waals surface area (Å²) in [6.07, 6.45) is -0.907. The number of rotatable bonds is 2. The fourth-order valence-corrected chi connectivity index (χ4v) is 1.95. The van der Waals surface area contributed by atoms with E-state index in [0.29, 0.717) is 4.90 Å². The Kier molecular flexibility index (Phi) is 4.03. The molecule has 5 nitrogen and oxygen atoms in total. The second-order valence-electron chi connectivity index (χ2n) is 3.17. The van der Waals surface area contributed by atoms with Gasteiger partial charge < -0.3 is 4.74 Å². The number of carbonyl (C=O) groups is 1. The monoisotopic (exact) mass is 242 g/mol. The standard InChI is InChI=1S/C10H14N2O3S/c1-3-15-10(13)12-16(11,14)9-6-4-8(2)5-7-9/h4-7H,3H2,1-2H3,(H2,11,12,13,14). The minimum Gasteiger partial charge on any atom is -0.448 e. The van der Waals surface area contributed by atoms with E-state index in [4.69, 9.17) is 5.14 Å². The van der Waals surface area contributed by atoms with Crippen LogP contribution in [0.4, 0.5) is 4.79 Å². The Balaban J connectivity index is 3.06. The van der Waals surface area contributed by atoms with Crippen LogP contribution in [0.1, 0.15) is 12.5 Å². The fraction of sp³-hybridized carbons (Fsp3) is 0.300. The SMILES string of the molecule is CCOC(=O)N=S(N)(=O)c1ccc(C)cc1. The van der Waals surface area contributed by atoms with Gasteiger partial charge in [0, 0.05) is 0 Å². The molecule has 0 heterocycles. The molecule has 16 heavy (non-hydrogen) atoms. The van der Waals surface area contributed by atoms with Crippen LogP contribution in [0.5, 0.6) is 0 Å². The summed E-state index contributed by atoms with van der Waals surface area (Å²) < 4.78 is 19.8. The zero-order valence-corrected chi connectivity index (χ0v) is 9.99. The van der Waals surface area contributed by atoms with Gasteiger partial charge in [-0.2, -0.15) is 0 Å². The molecule has 6 heteroatoms. The second kappa shape index (κ2) is 5.09. The van der Waals surface area contributed by atoms with E-state index in [-0.39, 0.29) is 6.61 Å². The predicted octanol–water partition coefficient (Wildman–Crippen LogP) is 1.85. The van der Waals surface area contributed by atoms with Crippen molar-refractivity contribution in [2.75, 3.05) is 6.61 Å². The van der Waals surface area contributed by atoms with Gasteiger partial charge in [-0.25, -0.2) is 14.1 Å². The molecule has 0 aromatic heterocycles. The predicted molar refractivity (Wildman–Crippen MR) is 61.2 cm³/mol. The van der Waals surface area contributed by atoms with Crippen LogP contribution in [0.25, 0.3) is 0 Å². The first-order valence-electron chi connectivity index (χ1n) is 4.74. The lowest BCUT2D eigenvalue weighted by atomic mass is 10.2. The van der Waals surface area contributed by atoms with Crippen LogP contribution >= 0.6 is 0 Å². The summed E-state index contributed by atoms with van der Waals surface area (Å²) in [5.74, 6) is 0. The van der Waals surface area contributed by atoms with Crippen molar-refractivity contribution in [1.29, 1.82) is 0 Å². The lowest BCUT2D eigenvalue weighted by molar-refractivity contribution is 0.164. The molecule has 0 aliphatic heterocycles. The number of benzene rings is 1. The van der Waals surface area contributed by atoms with E-state index in [1.54, 1.807) is 31.2 Å². The summed E-state index contributed by atoms with van der Waals surface area (Å²) in [4.78, 5) is 11.4. The molecule has 1 atom stereocenters. The molecule has 0 aliphatic rings. The maximum Gasteiger partial charge on any atom is 0.443 e. The number of hydrogen-bond acceptors (Lipinski definition) is 3. The van der Waals surface area contributed by atoms with Crippen LogP contribution in [0.15, 0.2) is 33.5 Å². The molecule has 1 unspecified atom stereocenters. The molecule has 0 spiro atoms. The van der Waals surface area contributed by atoms with Gasteiger partial charge in [-0.1, -0.05) is 17.7 Å². The Morgan fingerprint density at radius 3 is 2.50 bits per heavy atom. The second-order valence-corrected chi connectivity index (χ2v) is 4.96. The molecule has 1 aromatic carbocycles. The number of ether oxygens (including phenoxy) is 1. The van der Waals surface area contributed by atoms with Gasteiger partial charge in [0.05, 0.1) is 11.5 Å². The Morgan fingerprint density at radius 2 is 2.00 bits per heavy atom. The summed E-state index contributed by atoms with van der Waals surface area (Å²) in [6, 6.07) is 6.67. The van der Waals surface area contributed by atoms with Gasteiger partial charge in [-0.3, -0.25) is 0 Å². The van der Waals surface area contributed by atoms with Crippen molar-refractivity contribution in [2.45, 2.75) is 18.7 Å². The third kappa shape index (κ3) is 3.32. The van der Waals surface area contributed by atoms with Crippen LogP contribution in [0.3, 0.4) is 0 Å². The highest BCUT2D eigenvalue weighted by Gasteiger charge is 2.09. The minimum absolute atomic E-state index is 0.172. The van der Waals surface area contributed by atoms with Crippen molar-refractivity contribution in [3.05, 3.63) is 29.8 Å². The van der Waals surface area contributed by atoms with Crippen molar-refractivity contribution < 1.29 is 13.7 Å². The first kappa shape index (κ1) is 12.7. The van der Waals surface area contributed by atoms with Gasteiger partial charge in [0.25, 0.3) is 0 Å². The average molecular weight is 242 g/mol. The van der Waals surface area contributed by atoms with Crippen LogP contribution in [0.2, 0.25) is 0 Å². The van der Waals surface area contributed by atoms with Gasteiger partial charge in [-0.05, 0) is 26.0 Å². The number of nitrogens with two attached hydrogens (primary N) is 1. The smallest absolute Gasteiger partial charge is 0.443 e. The molecule has 0 saturated heterocycles. The van der Waals surface area contributed by atoms with Gasteiger partial charge in [0.2, 0.25) is 0 Å². The highest BCUT2D eigenvalue weighted by molar-refractivity contribution is 7.91. The molecule has 88 valence electrons. The molecule has 0 fully saturated rings. The van der Waals surface area contributed by atoms with Crippen molar-refractivity contribution >= 4 is 16.0 Å². The molecular weight excluding hydrogens is 228 g/mol. The highest BCUT2D eigenvalue weighted by atomic mass is 32.2. The van der Waals surface area contributed by atoms with Crippen molar-refractivity contribution in [3.8, 4) is 0 Å². The Labute approximate surface area is 94.9 Å². The van der Waals surface area contributed by atoms with Gasteiger partial charge >= 0.3 is 6.09 Å². The molecule has 2 N–H and O–H groups in total. The molecule has 0 radical (unpaired) electrons. The number of carbonyl (C=O) groups excluding carboxylic acids is 1. The van der Waals surface area contributed by atoms with Crippen molar-refractivity contribution in [1.82, 2.24) is 0 Å². The van der Waals surface area contributed by atoms with Crippen LogP contribution in [0, 0.1) is 6.92 Å². The lowest BCUT2D eigenvalue weighted by Crippen LogP contribution is -2.15. The van der Waals surface area contributed by atoms with Crippen molar-refractivity contribution in [3.63, 3.8) is 0 Å². The van der Waals surface area contributed by atoms with Crippen LogP contribution in [-0.4, -0.2) is 16.9 Å². The molecule has 0 bridgehead atoms. The van der Waals surface area contributed by atoms with Crippen molar-refractivity contribution in [2.24, 2.45) is 9.50 Å². The number of amides is 1. The topological polar surface area (TPSA) is 81.8 Å². The van der Waals surface area contributed by atoms with Crippen LogP contribution in [-0.2, 0) is 14.7 Å². The minimum atomic E-state index is -3.20. The Hall–Kier alpha value is -1.40. The average Bonchev–Trinajstić information content (AvgIpc) is 2.17. The molecular formula is C10H14N2O3S. The summed E-state index contributed by atoms with van der Waals surface area (Å²) in [7, 11) is -3.20. The number of nitrogens with zero attached hydrogens (tertiary/aromatic N) is 1. The van der Waals surface area contributed by atoms with E-state index < -0.39 is 16.0 Å². The van der Waals surface area contributed by atoms with Gasteiger partial charge in [0.1, 0.15) is 9.92 Å². The summed E-state index contributed by atoms with van der Waals surface area (Å²) in [5.41, 5.74) is 1.01. The molecule has 0 saturated carbocycles. The van der Waals surface area contributed by atoms with E-state index >= 15 is 0 Å². The molecule has 0 aliphatic carbocycles. The van der Waals surface area contributed by atoms with Crippen LogP contribution < -0.4 is 5.14 Å². The molecule has 1 aromatic rings. The van der Waals surface area contributed by atoms with E-state index in [2.05, 4.69) is 9.10 Å². The zero-order valence-electron chi connectivity index (χ0n) is 9.17. The van der Waals surface area contributed by atoms with E-state index in [9.17, 15) is 9.00 Å². The largest absolute Gasteiger partial charge is 0.448 e. The quantitative estimate of drug-likeness (QED) is 0.859. The normalized spacial score (nSPS) is 13.9. The number of hydrogen-bond donors (Lipinski definition) is 1. The summed E-state index contributed by atoms with van der Waals surface area (Å²) >= 11 is 0. The third-order valence-electron chi connectivity index (χ3n) is 1.84. The zero-order chi connectivity index (χ0) is 12.2. The highest BCUT2D eigenvalue weighted by Crippen LogP contribution is 2.10. The Bertz CT molecular complexity index is 487.